The normalized spacial score (nSPS) is 25.7. The van der Waals surface area contributed by atoms with Gasteiger partial charge in [-0.2, -0.15) is 5.26 Å². The largest absolute Gasteiger partial charge is 0.321 e. The maximum Gasteiger partial charge on any atom is 0.229 e. The highest BCUT2D eigenvalue weighted by Gasteiger charge is 2.34. The maximum atomic E-state index is 12.1. The first kappa shape index (κ1) is 14.3. The van der Waals surface area contributed by atoms with Gasteiger partial charge in [0.05, 0.1) is 0 Å². The van der Waals surface area contributed by atoms with Gasteiger partial charge < -0.3 is 10.6 Å². The van der Waals surface area contributed by atoms with Crippen LogP contribution in [0.2, 0.25) is 0 Å². The number of rotatable bonds is 4. The van der Waals surface area contributed by atoms with Crippen molar-refractivity contribution in [2.24, 2.45) is 5.92 Å². The van der Waals surface area contributed by atoms with E-state index in [0.717, 1.165) is 18.0 Å². The van der Waals surface area contributed by atoms with Crippen LogP contribution < -0.4 is 10.6 Å². The topological polar surface area (TPSA) is 77.8 Å². The third-order valence-electron chi connectivity index (χ3n) is 4.54. The van der Waals surface area contributed by atoms with Crippen LogP contribution in [0.5, 0.6) is 0 Å². The summed E-state index contributed by atoms with van der Waals surface area (Å²) in [5, 5.41) is 14.9. The van der Waals surface area contributed by atoms with E-state index in [9.17, 15) is 4.79 Å². The van der Waals surface area contributed by atoms with Crippen molar-refractivity contribution in [2.45, 2.75) is 56.9 Å². The van der Waals surface area contributed by atoms with Crippen molar-refractivity contribution in [3.63, 3.8) is 0 Å². The van der Waals surface area contributed by atoms with Crippen LogP contribution in [-0.4, -0.2) is 16.9 Å². The molecule has 0 radical (unpaired) electrons. The minimum Gasteiger partial charge on any atom is -0.321 e. The molecule has 112 valence electrons. The van der Waals surface area contributed by atoms with E-state index in [-0.39, 0.29) is 17.9 Å². The van der Waals surface area contributed by atoms with Crippen molar-refractivity contribution >= 4 is 22.4 Å². The Balaban J connectivity index is 1.50. The summed E-state index contributed by atoms with van der Waals surface area (Å²) in [4.78, 5) is 17.7. The van der Waals surface area contributed by atoms with Crippen molar-refractivity contribution < 1.29 is 4.79 Å². The van der Waals surface area contributed by atoms with E-state index in [4.69, 9.17) is 5.26 Å². The predicted octanol–water partition coefficient (Wildman–Crippen LogP) is 2.98. The SMILES string of the molecule is N#CN[C@H]1C[C@@H](C(=O)Nc2ncc(C3CCCCC3)s2)C1. The summed E-state index contributed by atoms with van der Waals surface area (Å²) in [6, 6.07) is 0.167. The number of carbonyl (C=O) groups is 1. The van der Waals surface area contributed by atoms with Crippen molar-refractivity contribution in [3.05, 3.63) is 11.1 Å². The number of hydrogen-bond acceptors (Lipinski definition) is 5. The van der Waals surface area contributed by atoms with Gasteiger partial charge in [-0.1, -0.05) is 19.3 Å². The monoisotopic (exact) mass is 304 g/mol. The molecule has 0 bridgehead atoms. The third-order valence-corrected chi connectivity index (χ3v) is 5.61. The number of thiazole rings is 1. The molecule has 2 saturated carbocycles. The molecular formula is C15H20N4OS. The lowest BCUT2D eigenvalue weighted by Gasteiger charge is -2.32. The van der Waals surface area contributed by atoms with Crippen molar-refractivity contribution in [2.75, 3.05) is 5.32 Å². The molecule has 1 aromatic rings. The molecule has 1 aromatic heterocycles. The summed E-state index contributed by atoms with van der Waals surface area (Å²) in [6.45, 7) is 0. The van der Waals surface area contributed by atoms with Crippen molar-refractivity contribution in [1.29, 1.82) is 5.26 Å². The highest BCUT2D eigenvalue weighted by Crippen LogP contribution is 2.37. The van der Waals surface area contributed by atoms with Crippen LogP contribution in [0.25, 0.3) is 0 Å². The van der Waals surface area contributed by atoms with E-state index in [0.29, 0.717) is 5.92 Å². The molecule has 3 rings (SSSR count). The molecule has 0 spiro atoms. The average Bonchev–Trinajstić information content (AvgIpc) is 2.91. The first-order valence-electron chi connectivity index (χ1n) is 7.67. The number of nitrogens with zero attached hydrogens (tertiary/aromatic N) is 2. The second kappa shape index (κ2) is 6.44. The standard InChI is InChI=1S/C15H20N4OS/c16-9-18-12-6-11(7-12)14(20)19-15-17-8-13(21-15)10-4-2-1-3-5-10/h8,10-12,18H,1-7H2,(H,17,19,20)/t11-,12+. The molecule has 0 saturated heterocycles. The van der Waals surface area contributed by atoms with Gasteiger partial charge in [0.25, 0.3) is 0 Å². The molecule has 1 amide bonds. The van der Waals surface area contributed by atoms with Gasteiger partial charge in [-0.3, -0.25) is 4.79 Å². The number of anilines is 1. The zero-order chi connectivity index (χ0) is 14.7. The average molecular weight is 304 g/mol. The Morgan fingerprint density at radius 3 is 2.81 bits per heavy atom. The van der Waals surface area contributed by atoms with Gasteiger partial charge in [-0.25, -0.2) is 4.98 Å². The molecule has 2 fully saturated rings. The third kappa shape index (κ3) is 3.35. The second-order valence-electron chi connectivity index (χ2n) is 6.01. The zero-order valence-electron chi connectivity index (χ0n) is 12.0. The number of amides is 1. The molecule has 1 heterocycles. The molecular weight excluding hydrogens is 284 g/mol. The predicted molar refractivity (Wildman–Crippen MR) is 81.8 cm³/mol. The van der Waals surface area contributed by atoms with Gasteiger partial charge in [0.2, 0.25) is 5.91 Å². The maximum absolute atomic E-state index is 12.1. The molecule has 21 heavy (non-hydrogen) atoms. The zero-order valence-corrected chi connectivity index (χ0v) is 12.8. The van der Waals surface area contributed by atoms with Gasteiger partial charge in [0, 0.05) is 23.0 Å². The van der Waals surface area contributed by atoms with E-state index in [2.05, 4.69) is 15.6 Å². The molecule has 0 aromatic carbocycles. The van der Waals surface area contributed by atoms with Gasteiger partial charge in [-0.15, -0.1) is 11.3 Å². The summed E-state index contributed by atoms with van der Waals surface area (Å²) in [6.07, 6.45) is 11.8. The van der Waals surface area contributed by atoms with Gasteiger partial charge in [0.1, 0.15) is 0 Å². The van der Waals surface area contributed by atoms with Gasteiger partial charge in [0.15, 0.2) is 11.3 Å². The minimum absolute atomic E-state index is 0.0119. The van der Waals surface area contributed by atoms with E-state index in [1.54, 1.807) is 11.3 Å². The molecule has 0 atom stereocenters. The number of nitriles is 1. The summed E-state index contributed by atoms with van der Waals surface area (Å²) in [5.74, 6) is 0.684. The van der Waals surface area contributed by atoms with Crippen LogP contribution >= 0.6 is 11.3 Å². The first-order chi connectivity index (χ1) is 10.3. The summed E-state index contributed by atoms with van der Waals surface area (Å²) < 4.78 is 0. The molecule has 0 unspecified atom stereocenters. The van der Waals surface area contributed by atoms with Gasteiger partial charge in [-0.05, 0) is 31.6 Å². The highest BCUT2D eigenvalue weighted by molar-refractivity contribution is 7.15. The highest BCUT2D eigenvalue weighted by atomic mass is 32.1. The van der Waals surface area contributed by atoms with Gasteiger partial charge >= 0.3 is 0 Å². The molecule has 0 aliphatic heterocycles. The summed E-state index contributed by atoms with van der Waals surface area (Å²) in [5.41, 5.74) is 0. The van der Waals surface area contributed by atoms with Crippen LogP contribution in [0.4, 0.5) is 5.13 Å². The Morgan fingerprint density at radius 2 is 2.10 bits per heavy atom. The second-order valence-corrected chi connectivity index (χ2v) is 7.08. The minimum atomic E-state index is 0.0119. The molecule has 2 aliphatic carbocycles. The fraction of sp³-hybridized carbons (Fsp3) is 0.667. The van der Waals surface area contributed by atoms with Crippen LogP contribution in [0.3, 0.4) is 0 Å². The Morgan fingerprint density at radius 1 is 1.33 bits per heavy atom. The van der Waals surface area contributed by atoms with Crippen LogP contribution in [0, 0.1) is 17.4 Å². The Hall–Kier alpha value is -1.61. The van der Waals surface area contributed by atoms with E-state index >= 15 is 0 Å². The molecule has 6 heteroatoms. The fourth-order valence-corrected chi connectivity index (χ4v) is 4.16. The number of nitrogens with one attached hydrogen (secondary N) is 2. The molecule has 2 N–H and O–H groups in total. The number of carbonyl (C=O) groups excluding carboxylic acids is 1. The van der Waals surface area contributed by atoms with E-state index in [1.807, 2.05) is 12.4 Å². The van der Waals surface area contributed by atoms with E-state index < -0.39 is 0 Å². The summed E-state index contributed by atoms with van der Waals surface area (Å²) in [7, 11) is 0. The van der Waals surface area contributed by atoms with Crippen molar-refractivity contribution in [1.82, 2.24) is 10.3 Å². The number of hydrogen-bond donors (Lipinski definition) is 2. The lowest BCUT2D eigenvalue weighted by Crippen LogP contribution is -2.44. The Kier molecular flexibility index (Phi) is 4.39. The quantitative estimate of drug-likeness (QED) is 0.662. The first-order valence-corrected chi connectivity index (χ1v) is 8.49. The lowest BCUT2D eigenvalue weighted by atomic mass is 9.80. The molecule has 5 nitrogen and oxygen atoms in total. The summed E-state index contributed by atoms with van der Waals surface area (Å²) >= 11 is 1.62. The lowest BCUT2D eigenvalue weighted by molar-refractivity contribution is -0.122. The number of aromatic nitrogens is 1. The Bertz CT molecular complexity index is 538. The smallest absolute Gasteiger partial charge is 0.229 e. The van der Waals surface area contributed by atoms with Crippen LogP contribution in [0.1, 0.15) is 55.7 Å². The van der Waals surface area contributed by atoms with Crippen LogP contribution in [0.15, 0.2) is 6.20 Å². The van der Waals surface area contributed by atoms with Crippen LogP contribution in [-0.2, 0) is 4.79 Å². The van der Waals surface area contributed by atoms with E-state index in [1.165, 1.54) is 37.0 Å². The Labute approximate surface area is 128 Å². The fourth-order valence-electron chi connectivity index (χ4n) is 3.17. The molecule has 2 aliphatic rings. The van der Waals surface area contributed by atoms with Crippen molar-refractivity contribution in [3.8, 4) is 6.19 Å².